The van der Waals surface area contributed by atoms with Crippen LogP contribution < -0.4 is 5.32 Å². The summed E-state index contributed by atoms with van der Waals surface area (Å²) in [5.74, 6) is -1.56. The van der Waals surface area contributed by atoms with Crippen molar-refractivity contribution >= 4 is 33.6 Å². The number of hydrogen-bond acceptors (Lipinski definition) is 6. The van der Waals surface area contributed by atoms with Crippen molar-refractivity contribution in [1.29, 1.82) is 0 Å². The normalized spacial score (nSPS) is 10.8. The summed E-state index contributed by atoms with van der Waals surface area (Å²) < 4.78 is 9.63. The predicted molar refractivity (Wildman–Crippen MR) is 71.5 cm³/mol. The molecule has 19 heavy (non-hydrogen) atoms. The van der Waals surface area contributed by atoms with Crippen LogP contribution in [-0.2, 0) is 19.1 Å². The number of halogens is 1. The van der Waals surface area contributed by atoms with Crippen LogP contribution in [0, 0.1) is 0 Å². The van der Waals surface area contributed by atoms with E-state index in [0.29, 0.717) is 4.47 Å². The number of rotatable bonds is 4. The van der Waals surface area contributed by atoms with E-state index in [9.17, 15) is 14.7 Å². The number of methoxy groups -OCH3 is 2. The molecule has 1 aromatic rings. The number of esters is 2. The Labute approximate surface area is 118 Å². The molecule has 0 saturated heterocycles. The molecule has 0 fully saturated rings. The van der Waals surface area contributed by atoms with Crippen molar-refractivity contribution in [2.75, 3.05) is 19.5 Å². The summed E-state index contributed by atoms with van der Waals surface area (Å²) in [6, 6.07) is 4.64. The first-order valence-corrected chi connectivity index (χ1v) is 5.90. The second-order valence-corrected chi connectivity index (χ2v) is 4.27. The van der Waals surface area contributed by atoms with Crippen LogP contribution >= 0.6 is 15.9 Å². The van der Waals surface area contributed by atoms with Gasteiger partial charge >= 0.3 is 11.9 Å². The number of anilines is 1. The van der Waals surface area contributed by atoms with Gasteiger partial charge in [-0.3, -0.25) is 0 Å². The lowest BCUT2D eigenvalue weighted by molar-refractivity contribution is -0.138. The molecular formula is C12H12BrNO5. The highest BCUT2D eigenvalue weighted by molar-refractivity contribution is 9.10. The summed E-state index contributed by atoms with van der Waals surface area (Å²) in [5.41, 5.74) is 0.107. The first kappa shape index (κ1) is 15.0. The van der Waals surface area contributed by atoms with Gasteiger partial charge in [0.1, 0.15) is 11.4 Å². The van der Waals surface area contributed by atoms with Crippen LogP contribution in [0.2, 0.25) is 0 Å². The minimum absolute atomic E-state index is 0.0888. The van der Waals surface area contributed by atoms with Gasteiger partial charge in [-0.2, -0.15) is 0 Å². The molecule has 0 saturated carbocycles. The molecule has 6 nitrogen and oxygen atoms in total. The Kier molecular flexibility index (Phi) is 5.37. The summed E-state index contributed by atoms with van der Waals surface area (Å²) in [7, 11) is 2.36. The molecule has 0 spiro atoms. The number of phenols is 1. The fourth-order valence-corrected chi connectivity index (χ4v) is 1.54. The number of aromatic hydroxyl groups is 1. The zero-order valence-electron chi connectivity index (χ0n) is 10.3. The summed E-state index contributed by atoms with van der Waals surface area (Å²) in [6.45, 7) is 0. The Balaban J connectivity index is 3.04. The molecule has 0 heterocycles. The number of phenolic OH excluding ortho intramolecular Hbond substituents is 1. The van der Waals surface area contributed by atoms with E-state index >= 15 is 0 Å². The third kappa shape index (κ3) is 4.29. The fourth-order valence-electron chi connectivity index (χ4n) is 1.19. The SMILES string of the molecule is COC(=O)/C=C(/Nc1ccc(Br)cc1O)C(=O)OC. The second-order valence-electron chi connectivity index (χ2n) is 3.36. The third-order valence-corrected chi connectivity index (χ3v) is 2.59. The van der Waals surface area contributed by atoms with Crippen LogP contribution in [0.15, 0.2) is 34.4 Å². The van der Waals surface area contributed by atoms with Gasteiger partial charge in [-0.15, -0.1) is 0 Å². The molecule has 0 bridgehead atoms. The zero-order valence-corrected chi connectivity index (χ0v) is 11.9. The number of carbonyl (C=O) groups excluding carboxylic acids is 2. The molecule has 1 rings (SSSR count). The quantitative estimate of drug-likeness (QED) is 0.497. The highest BCUT2D eigenvalue weighted by Gasteiger charge is 2.14. The molecular weight excluding hydrogens is 318 g/mol. The average Bonchev–Trinajstić information content (AvgIpc) is 2.39. The van der Waals surface area contributed by atoms with E-state index in [0.717, 1.165) is 6.08 Å². The molecule has 7 heteroatoms. The van der Waals surface area contributed by atoms with E-state index in [1.807, 2.05) is 0 Å². The Morgan fingerprint density at radius 1 is 1.32 bits per heavy atom. The maximum atomic E-state index is 11.5. The summed E-state index contributed by atoms with van der Waals surface area (Å²) >= 11 is 3.19. The van der Waals surface area contributed by atoms with Crippen molar-refractivity contribution < 1.29 is 24.2 Å². The van der Waals surface area contributed by atoms with Crippen LogP contribution in [0.4, 0.5) is 5.69 Å². The molecule has 0 aliphatic rings. The van der Waals surface area contributed by atoms with Crippen molar-refractivity contribution in [3.8, 4) is 5.75 Å². The van der Waals surface area contributed by atoms with E-state index in [4.69, 9.17) is 0 Å². The van der Waals surface area contributed by atoms with Gasteiger partial charge in [0.25, 0.3) is 0 Å². The first-order valence-electron chi connectivity index (χ1n) is 5.11. The highest BCUT2D eigenvalue weighted by atomic mass is 79.9. The van der Waals surface area contributed by atoms with Crippen LogP contribution in [0.25, 0.3) is 0 Å². The molecule has 0 radical (unpaired) electrons. The number of benzene rings is 1. The van der Waals surface area contributed by atoms with Gasteiger partial charge in [-0.25, -0.2) is 9.59 Å². The maximum Gasteiger partial charge on any atom is 0.354 e. The molecule has 2 N–H and O–H groups in total. The monoisotopic (exact) mass is 329 g/mol. The van der Waals surface area contributed by atoms with E-state index in [1.54, 1.807) is 6.07 Å². The number of carbonyl (C=O) groups is 2. The van der Waals surface area contributed by atoms with Crippen molar-refractivity contribution in [1.82, 2.24) is 0 Å². The van der Waals surface area contributed by atoms with Gasteiger partial charge < -0.3 is 19.9 Å². The largest absolute Gasteiger partial charge is 0.506 e. The lowest BCUT2D eigenvalue weighted by atomic mass is 10.2. The first-order chi connectivity index (χ1) is 8.97. The van der Waals surface area contributed by atoms with Crippen LogP contribution in [0.5, 0.6) is 5.75 Å². The number of hydrogen-bond donors (Lipinski definition) is 2. The summed E-state index contributed by atoms with van der Waals surface area (Å²) in [4.78, 5) is 22.6. The third-order valence-electron chi connectivity index (χ3n) is 2.10. The van der Waals surface area contributed by atoms with E-state index in [2.05, 4.69) is 30.7 Å². The van der Waals surface area contributed by atoms with Gasteiger partial charge in [-0.05, 0) is 18.2 Å². The van der Waals surface area contributed by atoms with Gasteiger partial charge in [-0.1, -0.05) is 15.9 Å². The van der Waals surface area contributed by atoms with Gasteiger partial charge in [0, 0.05) is 4.47 Å². The molecule has 0 aliphatic carbocycles. The van der Waals surface area contributed by atoms with Gasteiger partial charge in [0.2, 0.25) is 0 Å². The van der Waals surface area contributed by atoms with Crippen LogP contribution in [-0.4, -0.2) is 31.3 Å². The van der Waals surface area contributed by atoms with Crippen molar-refractivity contribution in [3.63, 3.8) is 0 Å². The standard InChI is InChI=1S/C12H12BrNO5/c1-18-11(16)6-9(12(17)19-2)14-8-4-3-7(13)5-10(8)15/h3-6,14-15H,1-2H3/b9-6+. The lowest BCUT2D eigenvalue weighted by Gasteiger charge is -2.10. The topological polar surface area (TPSA) is 84.9 Å². The van der Waals surface area contributed by atoms with E-state index in [1.165, 1.54) is 26.4 Å². The predicted octanol–water partition coefficient (Wildman–Crippen LogP) is 1.80. The molecule has 0 aliphatic heterocycles. The fraction of sp³-hybridized carbons (Fsp3) is 0.167. The van der Waals surface area contributed by atoms with Gasteiger partial charge in [0.05, 0.1) is 26.0 Å². The maximum absolute atomic E-state index is 11.5. The van der Waals surface area contributed by atoms with E-state index < -0.39 is 11.9 Å². The van der Waals surface area contributed by atoms with Gasteiger partial charge in [0.15, 0.2) is 0 Å². The average molecular weight is 330 g/mol. The highest BCUT2D eigenvalue weighted by Crippen LogP contribution is 2.28. The molecule has 0 atom stereocenters. The van der Waals surface area contributed by atoms with Crippen LogP contribution in [0.3, 0.4) is 0 Å². The second kappa shape index (κ2) is 6.79. The Morgan fingerprint density at radius 2 is 2.00 bits per heavy atom. The zero-order chi connectivity index (χ0) is 14.4. The molecule has 0 aromatic heterocycles. The van der Waals surface area contributed by atoms with E-state index in [-0.39, 0.29) is 17.1 Å². The smallest absolute Gasteiger partial charge is 0.354 e. The number of ether oxygens (including phenoxy) is 2. The minimum Gasteiger partial charge on any atom is -0.506 e. The van der Waals surface area contributed by atoms with Crippen molar-refractivity contribution in [2.45, 2.75) is 0 Å². The van der Waals surface area contributed by atoms with Crippen molar-refractivity contribution in [3.05, 3.63) is 34.4 Å². The molecule has 102 valence electrons. The Bertz CT molecular complexity index is 527. The molecule has 0 unspecified atom stereocenters. The summed E-state index contributed by atoms with van der Waals surface area (Å²) in [5, 5.41) is 12.3. The minimum atomic E-state index is -0.757. The Morgan fingerprint density at radius 3 is 2.53 bits per heavy atom. The Hall–Kier alpha value is -2.02. The summed E-state index contributed by atoms with van der Waals surface area (Å²) in [6.07, 6.45) is 0.938. The van der Waals surface area contributed by atoms with Crippen LogP contribution in [0.1, 0.15) is 0 Å². The molecule has 1 aromatic carbocycles. The number of nitrogens with one attached hydrogen (secondary N) is 1. The van der Waals surface area contributed by atoms with Crippen molar-refractivity contribution in [2.24, 2.45) is 0 Å². The lowest BCUT2D eigenvalue weighted by Crippen LogP contribution is -2.15. The molecule has 0 amide bonds.